The van der Waals surface area contributed by atoms with Crippen LogP contribution in [0, 0.1) is 13.8 Å². The standard InChI is InChI=1S/C16H24N2O/c1-13-8-7-9-15(14(13)2)17-16(19)12-18-10-5-3-4-6-11-18/h7-9H,3-6,10-12H2,1-2H3,(H,17,19)/p+1. The van der Waals surface area contributed by atoms with Gasteiger partial charge in [-0.3, -0.25) is 4.79 Å². The zero-order chi connectivity index (χ0) is 13.7. The van der Waals surface area contributed by atoms with E-state index in [4.69, 9.17) is 0 Å². The number of nitrogens with one attached hydrogen (secondary N) is 2. The molecule has 0 radical (unpaired) electrons. The monoisotopic (exact) mass is 261 g/mol. The molecule has 104 valence electrons. The van der Waals surface area contributed by atoms with Gasteiger partial charge in [0.25, 0.3) is 5.91 Å². The van der Waals surface area contributed by atoms with Gasteiger partial charge in [0.2, 0.25) is 0 Å². The number of quaternary nitrogens is 1. The topological polar surface area (TPSA) is 33.5 Å². The molecule has 1 aliphatic rings. The van der Waals surface area contributed by atoms with Gasteiger partial charge < -0.3 is 10.2 Å². The second-order valence-corrected chi connectivity index (χ2v) is 5.64. The van der Waals surface area contributed by atoms with Crippen LogP contribution in [0.3, 0.4) is 0 Å². The maximum atomic E-state index is 12.1. The minimum absolute atomic E-state index is 0.144. The molecule has 2 N–H and O–H groups in total. The Hall–Kier alpha value is -1.35. The third-order valence-corrected chi connectivity index (χ3v) is 4.10. The highest BCUT2D eigenvalue weighted by molar-refractivity contribution is 5.92. The number of amides is 1. The van der Waals surface area contributed by atoms with Crippen LogP contribution in [0.5, 0.6) is 0 Å². The molecule has 3 nitrogen and oxygen atoms in total. The lowest BCUT2D eigenvalue weighted by Gasteiger charge is -2.17. The fraction of sp³-hybridized carbons (Fsp3) is 0.562. The molecule has 1 saturated heterocycles. The van der Waals surface area contributed by atoms with Crippen molar-refractivity contribution in [2.75, 3.05) is 25.0 Å². The number of rotatable bonds is 3. The lowest BCUT2D eigenvalue weighted by Crippen LogP contribution is -3.12. The van der Waals surface area contributed by atoms with Crippen molar-refractivity contribution in [1.29, 1.82) is 0 Å². The Bertz CT molecular complexity index is 434. The van der Waals surface area contributed by atoms with Gasteiger partial charge in [0.1, 0.15) is 0 Å². The van der Waals surface area contributed by atoms with Gasteiger partial charge in [0.15, 0.2) is 6.54 Å². The lowest BCUT2D eigenvalue weighted by atomic mass is 10.1. The molecule has 0 spiro atoms. The SMILES string of the molecule is Cc1cccc(NC(=O)C[NH+]2CCCCCC2)c1C. The highest BCUT2D eigenvalue weighted by Crippen LogP contribution is 2.17. The minimum Gasteiger partial charge on any atom is -0.327 e. The summed E-state index contributed by atoms with van der Waals surface area (Å²) in [7, 11) is 0. The Labute approximate surface area is 116 Å². The number of carbonyl (C=O) groups excluding carboxylic acids is 1. The summed E-state index contributed by atoms with van der Waals surface area (Å²) in [5, 5.41) is 3.06. The van der Waals surface area contributed by atoms with Crippen LogP contribution >= 0.6 is 0 Å². The van der Waals surface area contributed by atoms with Crippen LogP contribution < -0.4 is 10.2 Å². The molecule has 1 heterocycles. The van der Waals surface area contributed by atoms with E-state index in [1.54, 1.807) is 0 Å². The van der Waals surface area contributed by atoms with Crippen molar-refractivity contribution >= 4 is 11.6 Å². The van der Waals surface area contributed by atoms with E-state index >= 15 is 0 Å². The number of benzene rings is 1. The summed E-state index contributed by atoms with van der Waals surface area (Å²) in [6, 6.07) is 6.06. The minimum atomic E-state index is 0.144. The van der Waals surface area contributed by atoms with Gasteiger partial charge in [-0.1, -0.05) is 12.1 Å². The average molecular weight is 261 g/mol. The van der Waals surface area contributed by atoms with Gasteiger partial charge in [-0.25, -0.2) is 0 Å². The van der Waals surface area contributed by atoms with E-state index in [9.17, 15) is 4.79 Å². The number of carbonyl (C=O) groups is 1. The molecule has 0 bridgehead atoms. The molecule has 3 heteroatoms. The maximum Gasteiger partial charge on any atom is 0.279 e. The predicted molar refractivity (Wildman–Crippen MR) is 78.6 cm³/mol. The molecule has 1 aromatic rings. The zero-order valence-corrected chi connectivity index (χ0v) is 12.1. The van der Waals surface area contributed by atoms with E-state index < -0.39 is 0 Å². The van der Waals surface area contributed by atoms with E-state index in [1.165, 1.54) is 41.7 Å². The predicted octanol–water partition coefficient (Wildman–Crippen LogP) is 1.70. The van der Waals surface area contributed by atoms with E-state index in [-0.39, 0.29) is 5.91 Å². The molecule has 0 saturated carbocycles. The Kier molecular flexibility index (Phi) is 4.97. The van der Waals surface area contributed by atoms with Gasteiger partial charge in [0.05, 0.1) is 13.1 Å². The fourth-order valence-corrected chi connectivity index (χ4v) is 2.71. The molecule has 1 amide bonds. The fourth-order valence-electron chi connectivity index (χ4n) is 2.71. The molecule has 0 aliphatic carbocycles. The molecular formula is C16H25N2O+. The Morgan fingerprint density at radius 1 is 1.16 bits per heavy atom. The summed E-state index contributed by atoms with van der Waals surface area (Å²) in [6.45, 7) is 7.02. The third kappa shape index (κ3) is 4.06. The van der Waals surface area contributed by atoms with Crippen molar-refractivity contribution in [3.05, 3.63) is 29.3 Å². The molecule has 1 fully saturated rings. The first-order chi connectivity index (χ1) is 9.16. The molecule has 0 unspecified atom stereocenters. The Balaban J connectivity index is 1.91. The van der Waals surface area contributed by atoms with Gasteiger partial charge in [-0.15, -0.1) is 0 Å². The van der Waals surface area contributed by atoms with E-state index in [0.29, 0.717) is 6.54 Å². The first-order valence-electron chi connectivity index (χ1n) is 7.36. The summed E-state index contributed by atoms with van der Waals surface area (Å²) in [6.07, 6.45) is 5.16. The maximum absolute atomic E-state index is 12.1. The first-order valence-corrected chi connectivity index (χ1v) is 7.36. The number of aryl methyl sites for hydroxylation is 1. The smallest absolute Gasteiger partial charge is 0.279 e. The second kappa shape index (κ2) is 6.71. The third-order valence-electron chi connectivity index (χ3n) is 4.10. The molecule has 1 aromatic carbocycles. The van der Waals surface area contributed by atoms with Crippen LogP contribution in [0.15, 0.2) is 18.2 Å². The molecule has 0 atom stereocenters. The first kappa shape index (κ1) is 14.1. The van der Waals surface area contributed by atoms with Crippen LogP contribution in [-0.2, 0) is 4.79 Å². The Morgan fingerprint density at radius 2 is 1.84 bits per heavy atom. The van der Waals surface area contributed by atoms with Gasteiger partial charge in [-0.2, -0.15) is 0 Å². The number of hydrogen-bond donors (Lipinski definition) is 2. The second-order valence-electron chi connectivity index (χ2n) is 5.64. The van der Waals surface area contributed by atoms with Crippen LogP contribution in [0.2, 0.25) is 0 Å². The van der Waals surface area contributed by atoms with Crippen LogP contribution in [0.1, 0.15) is 36.8 Å². The van der Waals surface area contributed by atoms with Crippen molar-refractivity contribution in [3.8, 4) is 0 Å². The number of likely N-dealkylation sites (tertiary alicyclic amines) is 1. The van der Waals surface area contributed by atoms with Gasteiger partial charge in [0, 0.05) is 5.69 Å². The molecule has 2 rings (SSSR count). The Morgan fingerprint density at radius 3 is 2.53 bits per heavy atom. The summed E-state index contributed by atoms with van der Waals surface area (Å²) < 4.78 is 0. The van der Waals surface area contributed by atoms with Crippen LogP contribution in [0.25, 0.3) is 0 Å². The normalized spacial score (nSPS) is 16.9. The summed E-state index contributed by atoms with van der Waals surface area (Å²) in [5.41, 5.74) is 3.35. The largest absolute Gasteiger partial charge is 0.327 e. The number of hydrogen-bond acceptors (Lipinski definition) is 1. The van der Waals surface area contributed by atoms with Crippen molar-refractivity contribution in [1.82, 2.24) is 0 Å². The molecule has 19 heavy (non-hydrogen) atoms. The highest BCUT2D eigenvalue weighted by atomic mass is 16.2. The average Bonchev–Trinajstić information content (AvgIpc) is 2.63. The van der Waals surface area contributed by atoms with Crippen molar-refractivity contribution in [2.45, 2.75) is 39.5 Å². The van der Waals surface area contributed by atoms with Gasteiger partial charge >= 0.3 is 0 Å². The summed E-state index contributed by atoms with van der Waals surface area (Å²) >= 11 is 0. The number of anilines is 1. The van der Waals surface area contributed by atoms with Gasteiger partial charge in [-0.05, 0) is 56.7 Å². The zero-order valence-electron chi connectivity index (χ0n) is 12.1. The van der Waals surface area contributed by atoms with Crippen molar-refractivity contribution in [2.24, 2.45) is 0 Å². The van der Waals surface area contributed by atoms with Crippen molar-refractivity contribution in [3.63, 3.8) is 0 Å². The van der Waals surface area contributed by atoms with Crippen molar-refractivity contribution < 1.29 is 9.69 Å². The molecule has 1 aliphatic heterocycles. The van der Waals surface area contributed by atoms with E-state index in [2.05, 4.69) is 25.2 Å². The molecule has 0 aromatic heterocycles. The van der Waals surface area contributed by atoms with Crippen LogP contribution in [-0.4, -0.2) is 25.5 Å². The quantitative estimate of drug-likeness (QED) is 0.853. The lowest BCUT2D eigenvalue weighted by molar-refractivity contribution is -0.890. The highest BCUT2D eigenvalue weighted by Gasteiger charge is 2.16. The summed E-state index contributed by atoms with van der Waals surface area (Å²) in [5.74, 6) is 0.144. The van der Waals surface area contributed by atoms with Crippen LogP contribution in [0.4, 0.5) is 5.69 Å². The molecular weight excluding hydrogens is 236 g/mol. The summed E-state index contributed by atoms with van der Waals surface area (Å²) in [4.78, 5) is 13.6. The van der Waals surface area contributed by atoms with E-state index in [0.717, 1.165) is 18.8 Å². The van der Waals surface area contributed by atoms with E-state index in [1.807, 2.05) is 12.1 Å².